The summed E-state index contributed by atoms with van der Waals surface area (Å²) in [5.41, 5.74) is 1.83. The van der Waals surface area contributed by atoms with Gasteiger partial charge in [0, 0.05) is 22.9 Å². The molecule has 4 rings (SSSR count). The number of nitrogens with zero attached hydrogens (tertiary/aromatic N) is 3. The minimum atomic E-state index is -0.578. The van der Waals surface area contributed by atoms with Crippen LogP contribution in [0.4, 0.5) is 10.8 Å². The number of rotatable bonds is 5. The third-order valence-electron chi connectivity index (χ3n) is 4.30. The summed E-state index contributed by atoms with van der Waals surface area (Å²) in [6, 6.07) is 14.0. The Morgan fingerprint density at radius 3 is 2.77 bits per heavy atom. The average Bonchev–Trinajstić information content (AvgIpc) is 3.35. The molecule has 1 amide bonds. The van der Waals surface area contributed by atoms with E-state index in [1.807, 2.05) is 0 Å². The topological polar surface area (TPSA) is 81.1 Å². The van der Waals surface area contributed by atoms with Crippen LogP contribution < -0.4 is 9.64 Å². The molecule has 0 spiro atoms. The Bertz CT molecular complexity index is 1230. The van der Waals surface area contributed by atoms with E-state index in [-0.39, 0.29) is 17.5 Å². The minimum Gasteiger partial charge on any atom is -0.497 e. The molecule has 31 heavy (non-hydrogen) atoms. The number of aromatic nitrogens is 1. The number of carbonyl (C=O) groups excluding carboxylic acids is 2. The smallest absolute Gasteiger partial charge is 0.363 e. The zero-order valence-electron chi connectivity index (χ0n) is 16.5. The number of esters is 1. The van der Waals surface area contributed by atoms with Gasteiger partial charge in [0.15, 0.2) is 10.8 Å². The van der Waals surface area contributed by atoms with Crippen LogP contribution >= 0.6 is 22.9 Å². The van der Waals surface area contributed by atoms with E-state index < -0.39 is 5.97 Å². The molecule has 1 aliphatic rings. The highest BCUT2D eigenvalue weighted by atomic mass is 35.5. The Morgan fingerprint density at radius 1 is 1.23 bits per heavy atom. The molecule has 9 heteroatoms. The molecule has 0 saturated carbocycles. The molecule has 1 aliphatic heterocycles. The standard InChI is InChI=1S/C22H16ClN3O4S/c1-13(27)26(17-7-4-6-15(23)10-17)22-24-16(12-31-22)11-19-21(28)30-20(25-19)14-5-3-8-18(9-14)29-2/h3-12H,1-2H3/b19-11-. The summed E-state index contributed by atoms with van der Waals surface area (Å²) in [5, 5.41) is 2.69. The lowest BCUT2D eigenvalue weighted by Gasteiger charge is -2.18. The molecule has 7 nitrogen and oxygen atoms in total. The molecule has 156 valence electrons. The van der Waals surface area contributed by atoms with Crippen molar-refractivity contribution in [2.45, 2.75) is 6.92 Å². The Kier molecular flexibility index (Phi) is 5.83. The van der Waals surface area contributed by atoms with Crippen molar-refractivity contribution in [2.24, 2.45) is 4.99 Å². The molecular formula is C22H16ClN3O4S. The van der Waals surface area contributed by atoms with Gasteiger partial charge in [0.1, 0.15) is 5.75 Å². The van der Waals surface area contributed by atoms with E-state index in [2.05, 4.69) is 9.98 Å². The van der Waals surface area contributed by atoms with Gasteiger partial charge < -0.3 is 9.47 Å². The van der Waals surface area contributed by atoms with Crippen molar-refractivity contribution >= 4 is 57.6 Å². The van der Waals surface area contributed by atoms with Crippen LogP contribution in [0.3, 0.4) is 0 Å². The number of benzene rings is 2. The fourth-order valence-electron chi connectivity index (χ4n) is 2.92. The van der Waals surface area contributed by atoms with Gasteiger partial charge in [-0.15, -0.1) is 11.3 Å². The Labute approximate surface area is 187 Å². The summed E-state index contributed by atoms with van der Waals surface area (Å²) in [6.07, 6.45) is 1.52. The first-order valence-electron chi connectivity index (χ1n) is 9.13. The minimum absolute atomic E-state index is 0.117. The van der Waals surface area contributed by atoms with Gasteiger partial charge in [-0.1, -0.05) is 23.7 Å². The molecule has 0 radical (unpaired) electrons. The zero-order chi connectivity index (χ0) is 22.0. The average molecular weight is 454 g/mol. The Hall–Kier alpha value is -3.49. The number of amides is 1. The van der Waals surface area contributed by atoms with Crippen LogP contribution in [0.2, 0.25) is 5.02 Å². The number of hydrogen-bond acceptors (Lipinski definition) is 7. The monoisotopic (exact) mass is 453 g/mol. The number of ether oxygens (including phenoxy) is 2. The second-order valence-electron chi connectivity index (χ2n) is 6.46. The first kappa shape index (κ1) is 20.8. The van der Waals surface area contributed by atoms with E-state index >= 15 is 0 Å². The van der Waals surface area contributed by atoms with Crippen LogP contribution in [0.5, 0.6) is 5.75 Å². The van der Waals surface area contributed by atoms with Crippen molar-refractivity contribution in [1.29, 1.82) is 0 Å². The lowest BCUT2D eigenvalue weighted by Crippen LogP contribution is -2.22. The first-order chi connectivity index (χ1) is 14.9. The van der Waals surface area contributed by atoms with Crippen molar-refractivity contribution in [3.8, 4) is 5.75 Å². The Morgan fingerprint density at radius 2 is 2.03 bits per heavy atom. The SMILES string of the molecule is COc1cccc(C2=N/C(=C\c3csc(N(C(C)=O)c4cccc(Cl)c4)n3)C(=O)O2)c1. The fourth-order valence-corrected chi connectivity index (χ4v) is 3.95. The third-order valence-corrected chi connectivity index (χ3v) is 5.38. The van der Waals surface area contributed by atoms with Crippen LogP contribution in [-0.4, -0.2) is 29.9 Å². The lowest BCUT2D eigenvalue weighted by atomic mass is 10.2. The number of halogens is 1. The Balaban J connectivity index is 1.63. The molecule has 0 N–H and O–H groups in total. The predicted octanol–water partition coefficient (Wildman–Crippen LogP) is 4.83. The number of hydrogen-bond donors (Lipinski definition) is 0. The van der Waals surface area contributed by atoms with Gasteiger partial charge in [-0.3, -0.25) is 9.69 Å². The zero-order valence-corrected chi connectivity index (χ0v) is 18.1. The lowest BCUT2D eigenvalue weighted by molar-refractivity contribution is -0.130. The number of methoxy groups -OCH3 is 1. The van der Waals surface area contributed by atoms with Crippen LogP contribution in [0.25, 0.3) is 6.08 Å². The predicted molar refractivity (Wildman–Crippen MR) is 120 cm³/mol. The number of cyclic esters (lactones) is 1. The first-order valence-corrected chi connectivity index (χ1v) is 10.4. The van der Waals surface area contributed by atoms with Crippen molar-refractivity contribution < 1.29 is 19.1 Å². The molecule has 0 aliphatic carbocycles. The van der Waals surface area contributed by atoms with Crippen LogP contribution in [-0.2, 0) is 14.3 Å². The van der Waals surface area contributed by atoms with E-state index in [0.29, 0.717) is 32.8 Å². The fraction of sp³-hybridized carbons (Fsp3) is 0.0909. The van der Waals surface area contributed by atoms with Gasteiger partial charge in [-0.25, -0.2) is 14.8 Å². The second-order valence-corrected chi connectivity index (χ2v) is 7.73. The van der Waals surface area contributed by atoms with E-state index in [1.165, 1.54) is 29.2 Å². The maximum absolute atomic E-state index is 12.3. The van der Waals surface area contributed by atoms with Gasteiger partial charge in [0.25, 0.3) is 0 Å². The van der Waals surface area contributed by atoms with Crippen LogP contribution in [0.15, 0.2) is 64.6 Å². The van der Waals surface area contributed by atoms with E-state index in [9.17, 15) is 9.59 Å². The number of carbonyl (C=O) groups is 2. The van der Waals surface area contributed by atoms with Gasteiger partial charge in [-0.05, 0) is 42.5 Å². The summed E-state index contributed by atoms with van der Waals surface area (Å²) in [6.45, 7) is 1.44. The van der Waals surface area contributed by atoms with Gasteiger partial charge in [-0.2, -0.15) is 0 Å². The molecule has 0 atom stereocenters. The summed E-state index contributed by atoms with van der Waals surface area (Å²) in [5.74, 6) is 0.0260. The molecule has 1 aromatic heterocycles. The highest BCUT2D eigenvalue weighted by molar-refractivity contribution is 7.14. The highest BCUT2D eigenvalue weighted by Crippen LogP contribution is 2.31. The summed E-state index contributed by atoms with van der Waals surface area (Å²) >= 11 is 7.32. The van der Waals surface area contributed by atoms with Crippen molar-refractivity contribution in [2.75, 3.05) is 12.0 Å². The number of anilines is 2. The summed E-state index contributed by atoms with van der Waals surface area (Å²) in [7, 11) is 1.56. The van der Waals surface area contributed by atoms with Crippen LogP contribution in [0, 0.1) is 0 Å². The third kappa shape index (κ3) is 4.50. The van der Waals surface area contributed by atoms with Crippen LogP contribution in [0.1, 0.15) is 18.2 Å². The second kappa shape index (κ2) is 8.71. The van der Waals surface area contributed by atoms with Crippen molar-refractivity contribution in [3.63, 3.8) is 0 Å². The molecule has 0 saturated heterocycles. The molecule has 0 bridgehead atoms. The van der Waals surface area contributed by atoms with Gasteiger partial charge >= 0.3 is 5.97 Å². The molecule has 2 aromatic carbocycles. The molecule has 2 heterocycles. The molecule has 3 aromatic rings. The van der Waals surface area contributed by atoms with Gasteiger partial charge in [0.2, 0.25) is 11.8 Å². The van der Waals surface area contributed by atoms with Crippen molar-refractivity contribution in [3.05, 3.63) is 75.9 Å². The van der Waals surface area contributed by atoms with Gasteiger partial charge in [0.05, 0.1) is 18.5 Å². The number of aliphatic imine (C=N–C) groups is 1. The quantitative estimate of drug-likeness (QED) is 0.408. The van der Waals surface area contributed by atoms with E-state index in [1.54, 1.807) is 61.0 Å². The molecule has 0 unspecified atom stereocenters. The summed E-state index contributed by atoms with van der Waals surface area (Å²) < 4.78 is 10.5. The highest BCUT2D eigenvalue weighted by Gasteiger charge is 2.25. The summed E-state index contributed by atoms with van der Waals surface area (Å²) in [4.78, 5) is 34.7. The maximum Gasteiger partial charge on any atom is 0.363 e. The maximum atomic E-state index is 12.3. The largest absolute Gasteiger partial charge is 0.497 e. The van der Waals surface area contributed by atoms with E-state index in [0.717, 1.165) is 0 Å². The molecular weight excluding hydrogens is 438 g/mol. The van der Waals surface area contributed by atoms with E-state index in [4.69, 9.17) is 21.1 Å². The van der Waals surface area contributed by atoms with Crippen molar-refractivity contribution in [1.82, 2.24) is 4.98 Å². The normalized spacial score (nSPS) is 14.4. The molecule has 0 fully saturated rings. The number of thiazole rings is 1.